The van der Waals surface area contributed by atoms with Crippen LogP contribution in [0.5, 0.6) is 0 Å². The number of carbonyl (C=O) groups is 6. The van der Waals surface area contributed by atoms with Gasteiger partial charge in [0.1, 0.15) is 24.2 Å². The molecule has 0 radical (unpaired) electrons. The Bertz CT molecular complexity index is 1280. The summed E-state index contributed by atoms with van der Waals surface area (Å²) in [6, 6.07) is 5.79. The van der Waals surface area contributed by atoms with Crippen LogP contribution in [0.15, 0.2) is 30.3 Å². The number of benzene rings is 1. The number of nitrogens with zero attached hydrogens (tertiary/aromatic N) is 1. The molecule has 3 fully saturated rings. The van der Waals surface area contributed by atoms with Gasteiger partial charge in [-0.15, -0.1) is 0 Å². The molecule has 0 aromatic heterocycles. The minimum absolute atomic E-state index is 0.0550. The number of hydrogen-bond donors (Lipinski definition) is 4. The maximum atomic E-state index is 14.2. The van der Waals surface area contributed by atoms with E-state index in [1.165, 1.54) is 4.90 Å². The monoisotopic (exact) mass is 639 g/mol. The van der Waals surface area contributed by atoms with Crippen LogP contribution in [-0.4, -0.2) is 70.6 Å². The number of nitrogens with one attached hydrogen (secondary N) is 3. The van der Waals surface area contributed by atoms with Gasteiger partial charge in [0, 0.05) is 6.54 Å². The van der Waals surface area contributed by atoms with Crippen LogP contribution in [-0.2, 0) is 35.3 Å². The van der Waals surface area contributed by atoms with Crippen LogP contribution in [0.1, 0.15) is 90.5 Å². The highest BCUT2D eigenvalue weighted by molar-refractivity contribution is 6.37. The van der Waals surface area contributed by atoms with Gasteiger partial charge in [-0.1, -0.05) is 76.3 Å². The fourth-order valence-electron chi connectivity index (χ4n) is 6.41. The van der Waals surface area contributed by atoms with E-state index < -0.39 is 53.3 Å². The van der Waals surface area contributed by atoms with E-state index in [-0.39, 0.29) is 30.3 Å². The molecule has 4 atom stereocenters. The molecule has 4 unspecified atom stereocenters. The van der Waals surface area contributed by atoms with E-state index in [0.717, 1.165) is 50.5 Å². The van der Waals surface area contributed by atoms with Crippen LogP contribution in [0.4, 0.5) is 4.79 Å². The summed E-state index contributed by atoms with van der Waals surface area (Å²) in [4.78, 5) is 80.1. The molecule has 2 saturated carbocycles. The molecule has 2 aliphatic carbocycles. The number of hydrogen-bond acceptors (Lipinski definition) is 7. The van der Waals surface area contributed by atoms with Crippen molar-refractivity contribution in [2.45, 2.75) is 115 Å². The quantitative estimate of drug-likeness (QED) is 0.179. The number of esters is 1. The standard InChI is InChI=1S/C34H49N5O7/c1-21(2)34(3,32(44)46-20-23-11-6-4-7-12-23)38-33(45)37-27(24-13-8-5-9-14-24)31(43)39-18-10-15-26(39)30(42)36-25(19-22-16-17-22)28(40)29(35)41/h4,6-7,11-12,21-22,24-27H,5,8-10,13-20H2,1-3H3,(H2,35,41)(H,36,42)(H2,37,38,45). The van der Waals surface area contributed by atoms with Gasteiger partial charge in [-0.05, 0) is 62.3 Å². The molecule has 0 bridgehead atoms. The van der Waals surface area contributed by atoms with Crippen molar-refractivity contribution in [1.29, 1.82) is 0 Å². The summed E-state index contributed by atoms with van der Waals surface area (Å²) in [7, 11) is 0. The Hall–Kier alpha value is -3.96. The van der Waals surface area contributed by atoms with E-state index in [9.17, 15) is 28.8 Å². The molecule has 12 nitrogen and oxygen atoms in total. The summed E-state index contributed by atoms with van der Waals surface area (Å²) >= 11 is 0. The van der Waals surface area contributed by atoms with Crippen LogP contribution in [0, 0.1) is 17.8 Å². The lowest BCUT2D eigenvalue weighted by Crippen LogP contribution is -2.63. The molecule has 252 valence electrons. The van der Waals surface area contributed by atoms with Gasteiger partial charge in [-0.25, -0.2) is 9.59 Å². The minimum Gasteiger partial charge on any atom is -0.459 e. The average molecular weight is 640 g/mol. The van der Waals surface area contributed by atoms with Gasteiger partial charge < -0.3 is 31.3 Å². The Balaban J connectivity index is 1.46. The summed E-state index contributed by atoms with van der Waals surface area (Å²) in [5.41, 5.74) is 4.69. The number of nitrogens with two attached hydrogens (primary N) is 1. The van der Waals surface area contributed by atoms with Gasteiger partial charge in [-0.2, -0.15) is 0 Å². The van der Waals surface area contributed by atoms with Gasteiger partial charge in [0.05, 0.1) is 6.04 Å². The van der Waals surface area contributed by atoms with E-state index >= 15 is 0 Å². The summed E-state index contributed by atoms with van der Waals surface area (Å²) in [6.45, 7) is 5.59. The molecule has 1 aromatic carbocycles. The summed E-state index contributed by atoms with van der Waals surface area (Å²) in [5, 5.41) is 8.37. The highest BCUT2D eigenvalue weighted by Gasteiger charge is 2.44. The smallest absolute Gasteiger partial charge is 0.332 e. The molecule has 5 amide bonds. The average Bonchev–Trinajstić information content (AvgIpc) is 3.72. The van der Waals surface area contributed by atoms with E-state index in [1.807, 2.05) is 30.3 Å². The molecule has 5 N–H and O–H groups in total. The van der Waals surface area contributed by atoms with Crippen LogP contribution >= 0.6 is 0 Å². The van der Waals surface area contributed by atoms with Gasteiger partial charge >= 0.3 is 12.0 Å². The maximum absolute atomic E-state index is 14.2. The number of amides is 5. The van der Waals surface area contributed by atoms with E-state index in [4.69, 9.17) is 10.5 Å². The van der Waals surface area contributed by atoms with Gasteiger partial charge in [0.2, 0.25) is 17.6 Å². The van der Waals surface area contributed by atoms with Crippen molar-refractivity contribution in [2.24, 2.45) is 23.5 Å². The highest BCUT2D eigenvalue weighted by Crippen LogP contribution is 2.34. The number of rotatable bonds is 14. The number of primary amides is 1. The van der Waals surface area contributed by atoms with Crippen LogP contribution in [0.25, 0.3) is 0 Å². The molecule has 1 heterocycles. The number of Topliss-reactive ketones (excluding diaryl/α,β-unsaturated/α-hetero) is 1. The molecule has 46 heavy (non-hydrogen) atoms. The van der Waals surface area contributed by atoms with Crippen molar-refractivity contribution < 1.29 is 33.5 Å². The third-order valence-electron chi connectivity index (χ3n) is 9.82. The summed E-state index contributed by atoms with van der Waals surface area (Å²) in [6.07, 6.45) is 7.47. The van der Waals surface area contributed by atoms with E-state index in [2.05, 4.69) is 16.0 Å². The van der Waals surface area contributed by atoms with Crippen molar-refractivity contribution in [2.75, 3.05) is 6.54 Å². The molecule has 1 saturated heterocycles. The van der Waals surface area contributed by atoms with Crippen LogP contribution in [0.3, 0.4) is 0 Å². The van der Waals surface area contributed by atoms with Gasteiger partial charge in [-0.3, -0.25) is 19.2 Å². The second-order valence-electron chi connectivity index (χ2n) is 13.6. The topological polar surface area (TPSA) is 177 Å². The van der Waals surface area contributed by atoms with Crippen molar-refractivity contribution in [1.82, 2.24) is 20.9 Å². The first-order chi connectivity index (χ1) is 21.9. The van der Waals surface area contributed by atoms with Crippen molar-refractivity contribution >= 4 is 35.5 Å². The minimum atomic E-state index is -1.38. The Morgan fingerprint density at radius 2 is 1.61 bits per heavy atom. The third kappa shape index (κ3) is 8.85. The zero-order chi connectivity index (χ0) is 33.4. The van der Waals surface area contributed by atoms with E-state index in [1.54, 1.807) is 20.8 Å². The molecule has 1 aliphatic heterocycles. The number of likely N-dealkylation sites (tertiary alicyclic amines) is 1. The molecular formula is C34H49N5O7. The van der Waals surface area contributed by atoms with E-state index in [0.29, 0.717) is 25.8 Å². The maximum Gasteiger partial charge on any atom is 0.332 e. The molecule has 4 rings (SSSR count). The number of carbonyl (C=O) groups excluding carboxylic acids is 6. The van der Waals surface area contributed by atoms with Crippen LogP contribution in [0.2, 0.25) is 0 Å². The first kappa shape index (κ1) is 34.9. The highest BCUT2D eigenvalue weighted by atomic mass is 16.5. The lowest BCUT2D eigenvalue weighted by atomic mass is 9.83. The zero-order valence-electron chi connectivity index (χ0n) is 27.2. The number of ketones is 1. The lowest BCUT2D eigenvalue weighted by Gasteiger charge is -2.37. The SMILES string of the molecule is CC(C)C(C)(NC(=O)NC(C(=O)N1CCCC1C(=O)NC(CC1CC1)C(=O)C(N)=O)C1CCCCC1)C(=O)OCc1ccccc1. The molecule has 12 heteroatoms. The van der Waals surface area contributed by atoms with Crippen molar-refractivity contribution in [3.63, 3.8) is 0 Å². The molecular weight excluding hydrogens is 590 g/mol. The largest absolute Gasteiger partial charge is 0.459 e. The first-order valence-electron chi connectivity index (χ1n) is 16.6. The first-order valence-corrected chi connectivity index (χ1v) is 16.6. The summed E-state index contributed by atoms with van der Waals surface area (Å²) in [5.74, 6) is -3.65. The fraction of sp³-hybridized carbons (Fsp3) is 0.647. The fourth-order valence-corrected chi connectivity index (χ4v) is 6.41. The number of ether oxygens (including phenoxy) is 1. The Labute approximate surface area is 270 Å². The normalized spacial score (nSPS) is 21.0. The summed E-state index contributed by atoms with van der Waals surface area (Å²) < 4.78 is 5.58. The zero-order valence-corrected chi connectivity index (χ0v) is 27.2. The van der Waals surface area contributed by atoms with Gasteiger partial charge in [0.25, 0.3) is 5.91 Å². The van der Waals surface area contributed by atoms with Crippen LogP contribution < -0.4 is 21.7 Å². The van der Waals surface area contributed by atoms with Crippen molar-refractivity contribution in [3.8, 4) is 0 Å². The van der Waals surface area contributed by atoms with Crippen molar-refractivity contribution in [3.05, 3.63) is 35.9 Å². The second-order valence-corrected chi connectivity index (χ2v) is 13.6. The Kier molecular flexibility index (Phi) is 11.8. The molecule has 3 aliphatic rings. The second kappa shape index (κ2) is 15.6. The molecule has 1 aromatic rings. The Morgan fingerprint density at radius 1 is 0.935 bits per heavy atom. The predicted octanol–water partition coefficient (Wildman–Crippen LogP) is 2.72. The lowest BCUT2D eigenvalue weighted by molar-refractivity contribution is -0.153. The predicted molar refractivity (Wildman–Crippen MR) is 170 cm³/mol. The number of urea groups is 1. The third-order valence-corrected chi connectivity index (χ3v) is 9.82. The molecule has 0 spiro atoms. The van der Waals surface area contributed by atoms with Gasteiger partial charge in [0.15, 0.2) is 0 Å². The Morgan fingerprint density at radius 3 is 2.22 bits per heavy atom.